The molecule has 0 heterocycles. The SMILES string of the molecule is COc1cc(N=Nc2ccccc2OC)ccc1N. The van der Waals surface area contributed by atoms with Gasteiger partial charge in [-0.2, -0.15) is 5.11 Å². The lowest BCUT2D eigenvalue weighted by Crippen LogP contribution is -1.90. The number of para-hydroxylation sites is 1. The van der Waals surface area contributed by atoms with Crippen LogP contribution < -0.4 is 15.2 Å². The summed E-state index contributed by atoms with van der Waals surface area (Å²) in [4.78, 5) is 0. The Morgan fingerprint density at radius 3 is 2.37 bits per heavy atom. The van der Waals surface area contributed by atoms with Gasteiger partial charge in [0.25, 0.3) is 0 Å². The van der Waals surface area contributed by atoms with Crippen molar-refractivity contribution in [2.45, 2.75) is 0 Å². The summed E-state index contributed by atoms with van der Waals surface area (Å²) in [5.74, 6) is 1.25. The highest BCUT2D eigenvalue weighted by Crippen LogP contribution is 2.30. The molecule has 0 aliphatic carbocycles. The van der Waals surface area contributed by atoms with E-state index < -0.39 is 0 Å². The number of azo groups is 1. The van der Waals surface area contributed by atoms with E-state index in [4.69, 9.17) is 15.2 Å². The van der Waals surface area contributed by atoms with Crippen molar-refractivity contribution in [2.75, 3.05) is 20.0 Å². The molecular formula is C14H15N3O2. The molecule has 0 radical (unpaired) electrons. The average molecular weight is 257 g/mol. The molecular weight excluding hydrogens is 242 g/mol. The topological polar surface area (TPSA) is 69.2 Å². The molecule has 0 saturated heterocycles. The molecule has 0 aliphatic rings. The summed E-state index contributed by atoms with van der Waals surface area (Å²) < 4.78 is 10.3. The van der Waals surface area contributed by atoms with Gasteiger partial charge in [-0.1, -0.05) is 12.1 Å². The van der Waals surface area contributed by atoms with Crippen LogP contribution in [0.1, 0.15) is 0 Å². The minimum absolute atomic E-state index is 0.568. The third kappa shape index (κ3) is 3.01. The van der Waals surface area contributed by atoms with E-state index in [-0.39, 0.29) is 0 Å². The van der Waals surface area contributed by atoms with E-state index in [9.17, 15) is 0 Å². The van der Waals surface area contributed by atoms with Crippen molar-refractivity contribution in [1.29, 1.82) is 0 Å². The fraction of sp³-hybridized carbons (Fsp3) is 0.143. The molecule has 2 rings (SSSR count). The van der Waals surface area contributed by atoms with Crippen molar-refractivity contribution in [1.82, 2.24) is 0 Å². The number of benzene rings is 2. The zero-order chi connectivity index (χ0) is 13.7. The van der Waals surface area contributed by atoms with Crippen LogP contribution in [0, 0.1) is 0 Å². The van der Waals surface area contributed by atoms with E-state index in [1.807, 2.05) is 24.3 Å². The van der Waals surface area contributed by atoms with Crippen molar-refractivity contribution in [3.8, 4) is 11.5 Å². The summed E-state index contributed by atoms with van der Waals surface area (Å²) in [6.45, 7) is 0. The second-order valence-electron chi connectivity index (χ2n) is 3.80. The molecule has 0 amide bonds. The van der Waals surface area contributed by atoms with Crippen LogP contribution in [0.25, 0.3) is 0 Å². The zero-order valence-corrected chi connectivity index (χ0v) is 10.8. The summed E-state index contributed by atoms with van der Waals surface area (Å²) in [6, 6.07) is 12.7. The quantitative estimate of drug-likeness (QED) is 0.670. The summed E-state index contributed by atoms with van der Waals surface area (Å²) in [6.07, 6.45) is 0. The molecule has 0 aromatic heterocycles. The van der Waals surface area contributed by atoms with Gasteiger partial charge >= 0.3 is 0 Å². The predicted octanol–water partition coefficient (Wildman–Crippen LogP) is 3.70. The third-order valence-electron chi connectivity index (χ3n) is 2.58. The summed E-state index contributed by atoms with van der Waals surface area (Å²) in [7, 11) is 3.16. The average Bonchev–Trinajstić information content (AvgIpc) is 2.46. The highest BCUT2D eigenvalue weighted by molar-refractivity contribution is 5.59. The number of ether oxygens (including phenoxy) is 2. The second kappa shape index (κ2) is 5.86. The smallest absolute Gasteiger partial charge is 0.146 e. The molecule has 0 fully saturated rings. The predicted molar refractivity (Wildman–Crippen MR) is 74.6 cm³/mol. The first-order valence-electron chi connectivity index (χ1n) is 5.73. The van der Waals surface area contributed by atoms with Gasteiger partial charge in [0, 0.05) is 6.07 Å². The Morgan fingerprint density at radius 2 is 1.63 bits per heavy atom. The van der Waals surface area contributed by atoms with Crippen molar-refractivity contribution >= 4 is 17.1 Å². The molecule has 2 aromatic carbocycles. The molecule has 5 heteroatoms. The number of nitrogens with two attached hydrogens (primary N) is 1. The van der Waals surface area contributed by atoms with Crippen LogP contribution in [-0.4, -0.2) is 14.2 Å². The van der Waals surface area contributed by atoms with Gasteiger partial charge in [-0.25, -0.2) is 0 Å². The maximum absolute atomic E-state index is 5.74. The molecule has 98 valence electrons. The third-order valence-corrected chi connectivity index (χ3v) is 2.58. The number of nitrogens with zero attached hydrogens (tertiary/aromatic N) is 2. The van der Waals surface area contributed by atoms with Crippen molar-refractivity contribution in [3.05, 3.63) is 42.5 Å². The fourth-order valence-corrected chi connectivity index (χ4v) is 1.59. The number of rotatable bonds is 4. The number of methoxy groups -OCH3 is 2. The number of anilines is 1. The van der Waals surface area contributed by atoms with E-state index in [0.717, 1.165) is 0 Å². The highest BCUT2D eigenvalue weighted by Gasteiger charge is 2.02. The Morgan fingerprint density at radius 1 is 0.895 bits per heavy atom. The van der Waals surface area contributed by atoms with Gasteiger partial charge in [0.1, 0.15) is 17.2 Å². The standard InChI is InChI=1S/C14H15N3O2/c1-18-13-6-4-3-5-12(13)17-16-10-7-8-11(15)14(9-10)19-2/h3-9H,15H2,1-2H3. The molecule has 0 aliphatic heterocycles. The van der Waals surface area contributed by atoms with E-state index >= 15 is 0 Å². The normalized spacial score (nSPS) is 10.6. The van der Waals surface area contributed by atoms with Gasteiger partial charge in [-0.3, -0.25) is 0 Å². The molecule has 0 bridgehead atoms. The largest absolute Gasteiger partial charge is 0.495 e. The van der Waals surface area contributed by atoms with Crippen LogP contribution in [0.2, 0.25) is 0 Å². The lowest BCUT2D eigenvalue weighted by atomic mass is 10.2. The molecule has 0 spiro atoms. The van der Waals surface area contributed by atoms with Crippen LogP contribution in [0.5, 0.6) is 11.5 Å². The van der Waals surface area contributed by atoms with Gasteiger partial charge in [-0.05, 0) is 24.3 Å². The summed E-state index contributed by atoms with van der Waals surface area (Å²) in [5.41, 5.74) is 7.64. The molecule has 19 heavy (non-hydrogen) atoms. The molecule has 0 unspecified atom stereocenters. The Hall–Kier alpha value is -2.56. The lowest BCUT2D eigenvalue weighted by molar-refractivity contribution is 0.415. The molecule has 2 N–H and O–H groups in total. The second-order valence-corrected chi connectivity index (χ2v) is 3.80. The van der Waals surface area contributed by atoms with Gasteiger partial charge in [0.15, 0.2) is 0 Å². The first-order valence-corrected chi connectivity index (χ1v) is 5.73. The lowest BCUT2D eigenvalue weighted by Gasteiger charge is -2.04. The maximum Gasteiger partial charge on any atom is 0.146 e. The monoisotopic (exact) mass is 257 g/mol. The van der Waals surface area contributed by atoms with Crippen LogP contribution in [0.3, 0.4) is 0 Å². The van der Waals surface area contributed by atoms with Crippen molar-refractivity contribution in [3.63, 3.8) is 0 Å². The number of nitrogen functional groups attached to an aromatic ring is 1. The summed E-state index contributed by atoms with van der Waals surface area (Å²) in [5, 5.41) is 8.30. The van der Waals surface area contributed by atoms with Crippen LogP contribution in [0.15, 0.2) is 52.7 Å². The number of hydrogen-bond donors (Lipinski definition) is 1. The molecule has 2 aromatic rings. The Bertz CT molecular complexity index is 597. The van der Waals surface area contributed by atoms with Crippen LogP contribution in [-0.2, 0) is 0 Å². The molecule has 0 saturated carbocycles. The zero-order valence-electron chi connectivity index (χ0n) is 10.8. The maximum atomic E-state index is 5.74. The van der Waals surface area contributed by atoms with Crippen LogP contribution >= 0.6 is 0 Å². The summed E-state index contributed by atoms with van der Waals surface area (Å²) >= 11 is 0. The van der Waals surface area contributed by atoms with E-state index in [2.05, 4.69) is 10.2 Å². The molecule has 0 atom stereocenters. The minimum atomic E-state index is 0.568. The highest BCUT2D eigenvalue weighted by atomic mass is 16.5. The fourth-order valence-electron chi connectivity index (χ4n) is 1.59. The number of hydrogen-bond acceptors (Lipinski definition) is 5. The van der Waals surface area contributed by atoms with E-state index in [1.54, 1.807) is 32.4 Å². The first-order chi connectivity index (χ1) is 9.24. The van der Waals surface area contributed by atoms with Crippen molar-refractivity contribution in [2.24, 2.45) is 10.2 Å². The van der Waals surface area contributed by atoms with E-state index in [0.29, 0.717) is 28.6 Å². The molecule has 5 nitrogen and oxygen atoms in total. The minimum Gasteiger partial charge on any atom is -0.495 e. The van der Waals surface area contributed by atoms with Gasteiger partial charge in [0.05, 0.1) is 25.6 Å². The Kier molecular flexibility index (Phi) is 3.97. The van der Waals surface area contributed by atoms with Gasteiger partial charge < -0.3 is 15.2 Å². The van der Waals surface area contributed by atoms with Crippen molar-refractivity contribution < 1.29 is 9.47 Å². The van der Waals surface area contributed by atoms with Crippen LogP contribution in [0.4, 0.5) is 17.1 Å². The first kappa shape index (κ1) is 12.9. The van der Waals surface area contributed by atoms with Gasteiger partial charge in [0.2, 0.25) is 0 Å². The van der Waals surface area contributed by atoms with Gasteiger partial charge in [-0.15, -0.1) is 5.11 Å². The Balaban J connectivity index is 2.27. The Labute approximate surface area is 111 Å². The van der Waals surface area contributed by atoms with E-state index in [1.165, 1.54) is 0 Å².